The Morgan fingerprint density at radius 3 is 1.76 bits per heavy atom. The zero-order valence-corrected chi connectivity index (χ0v) is 31.2. The normalized spacial score (nSPS) is 15.2. The van der Waals surface area contributed by atoms with Gasteiger partial charge in [0.05, 0.1) is 39.9 Å². The number of unbranched alkanes of at least 4 members (excludes halogenated alkanes) is 15. The van der Waals surface area contributed by atoms with Crippen LogP contribution in [0.2, 0.25) is 0 Å². The van der Waals surface area contributed by atoms with Crippen molar-refractivity contribution in [1.82, 2.24) is 5.32 Å². The minimum Gasteiger partial charge on any atom is -0.756 e. The van der Waals surface area contributed by atoms with Crippen LogP contribution in [0.3, 0.4) is 0 Å². The minimum atomic E-state index is -4.58. The second-order valence-electron chi connectivity index (χ2n) is 13.6. The Labute approximate surface area is 283 Å². The molecule has 0 fully saturated rings. The number of carbonyl (C=O) groups is 1. The van der Waals surface area contributed by atoms with Crippen molar-refractivity contribution >= 4 is 13.7 Å². The number of rotatable bonds is 32. The summed E-state index contributed by atoms with van der Waals surface area (Å²) in [6.45, 7) is 4.54. The summed E-state index contributed by atoms with van der Waals surface area (Å²) in [5.41, 5.74) is 0. The Kier molecular flexibility index (Phi) is 29.0. The number of allylic oxidation sites excluding steroid dienone is 5. The molecule has 0 saturated carbocycles. The Morgan fingerprint density at radius 2 is 1.22 bits per heavy atom. The number of aliphatic hydroxyl groups is 1. The number of phosphoric acid groups is 1. The quantitative estimate of drug-likeness (QED) is 0.0321. The van der Waals surface area contributed by atoms with E-state index in [0.29, 0.717) is 17.4 Å². The van der Waals surface area contributed by atoms with Gasteiger partial charge in [-0.3, -0.25) is 9.36 Å². The van der Waals surface area contributed by atoms with Crippen LogP contribution in [0.5, 0.6) is 0 Å². The van der Waals surface area contributed by atoms with Crippen molar-refractivity contribution in [2.24, 2.45) is 0 Å². The van der Waals surface area contributed by atoms with E-state index < -0.39 is 26.6 Å². The number of aliphatic hydroxyl groups excluding tert-OH is 1. The molecule has 2 N–H and O–H groups in total. The Hall–Kier alpha value is -1.28. The number of nitrogens with one attached hydrogen (secondary N) is 1. The maximum atomic E-state index is 12.7. The van der Waals surface area contributed by atoms with Gasteiger partial charge in [-0.05, 0) is 44.9 Å². The molecule has 0 aliphatic heterocycles. The molecule has 0 heterocycles. The van der Waals surface area contributed by atoms with Crippen molar-refractivity contribution in [1.29, 1.82) is 0 Å². The van der Waals surface area contributed by atoms with Crippen molar-refractivity contribution in [2.75, 3.05) is 40.9 Å². The summed E-state index contributed by atoms with van der Waals surface area (Å²) in [6.07, 6.45) is 33.4. The van der Waals surface area contributed by atoms with E-state index in [1.807, 2.05) is 27.2 Å². The number of hydrogen-bond acceptors (Lipinski definition) is 6. The molecule has 1 amide bonds. The van der Waals surface area contributed by atoms with Gasteiger partial charge in [0, 0.05) is 6.42 Å². The molecule has 9 heteroatoms. The fourth-order valence-electron chi connectivity index (χ4n) is 4.83. The van der Waals surface area contributed by atoms with Crippen molar-refractivity contribution in [3.63, 3.8) is 0 Å². The Bertz CT molecular complexity index is 855. The molecule has 0 spiro atoms. The highest BCUT2D eigenvalue weighted by Crippen LogP contribution is 2.38. The first kappa shape index (κ1) is 44.7. The van der Waals surface area contributed by atoms with Gasteiger partial charge in [0.15, 0.2) is 0 Å². The maximum Gasteiger partial charge on any atom is 0.268 e. The molecule has 46 heavy (non-hydrogen) atoms. The van der Waals surface area contributed by atoms with Gasteiger partial charge in [-0.15, -0.1) is 0 Å². The minimum absolute atomic E-state index is 0.00873. The van der Waals surface area contributed by atoms with Crippen molar-refractivity contribution < 1.29 is 32.9 Å². The first-order chi connectivity index (χ1) is 22.0. The van der Waals surface area contributed by atoms with Crippen molar-refractivity contribution in [3.05, 3.63) is 36.5 Å². The lowest BCUT2D eigenvalue weighted by Gasteiger charge is -2.29. The van der Waals surface area contributed by atoms with Crippen LogP contribution < -0.4 is 10.2 Å². The Balaban J connectivity index is 4.62. The lowest BCUT2D eigenvalue weighted by atomic mass is 10.1. The fraction of sp³-hybridized carbons (Fsp3) is 0.811. The van der Waals surface area contributed by atoms with Gasteiger partial charge in [-0.1, -0.05) is 127 Å². The van der Waals surface area contributed by atoms with Gasteiger partial charge >= 0.3 is 0 Å². The van der Waals surface area contributed by atoms with Gasteiger partial charge in [-0.25, -0.2) is 0 Å². The molecule has 0 saturated heterocycles. The molecular weight excluding hydrogens is 599 g/mol. The lowest BCUT2D eigenvalue weighted by Crippen LogP contribution is -2.45. The summed E-state index contributed by atoms with van der Waals surface area (Å²) >= 11 is 0. The number of carbonyl (C=O) groups excluding carboxylic acids is 1. The first-order valence-electron chi connectivity index (χ1n) is 18.4. The SMILES string of the molecule is CCCCCCCC/C=C/CC/C=C/CC/C=C/C(O)C(COP(=O)([O-])OCC[N+](C)(C)C)NC(=O)CCCCCCCCCC. The summed E-state index contributed by atoms with van der Waals surface area (Å²) < 4.78 is 23.0. The summed E-state index contributed by atoms with van der Waals surface area (Å²) in [5, 5.41) is 13.6. The van der Waals surface area contributed by atoms with Gasteiger partial charge in [0.25, 0.3) is 7.82 Å². The van der Waals surface area contributed by atoms with Crippen LogP contribution in [0.25, 0.3) is 0 Å². The second-order valence-corrected chi connectivity index (χ2v) is 15.0. The van der Waals surface area contributed by atoms with Crippen LogP contribution in [0.1, 0.15) is 142 Å². The van der Waals surface area contributed by atoms with Gasteiger partial charge in [0.1, 0.15) is 13.2 Å². The second kappa shape index (κ2) is 29.8. The molecule has 0 aromatic rings. The molecule has 0 aromatic heterocycles. The number of likely N-dealkylation sites (N-methyl/N-ethyl adjacent to an activating group) is 1. The van der Waals surface area contributed by atoms with Gasteiger partial charge in [-0.2, -0.15) is 0 Å². The highest BCUT2D eigenvalue weighted by Gasteiger charge is 2.23. The number of hydrogen-bond donors (Lipinski definition) is 2. The van der Waals surface area contributed by atoms with E-state index in [1.165, 1.54) is 77.0 Å². The average Bonchev–Trinajstić information content (AvgIpc) is 2.99. The summed E-state index contributed by atoms with van der Waals surface area (Å²) in [5.74, 6) is -0.220. The molecule has 0 radical (unpaired) electrons. The first-order valence-corrected chi connectivity index (χ1v) is 19.8. The van der Waals surface area contributed by atoms with Crippen LogP contribution in [-0.4, -0.2) is 68.5 Å². The van der Waals surface area contributed by atoms with E-state index in [2.05, 4.69) is 43.5 Å². The summed E-state index contributed by atoms with van der Waals surface area (Å²) in [4.78, 5) is 25.0. The van der Waals surface area contributed by atoms with Crippen LogP contribution in [0.4, 0.5) is 0 Å². The molecule has 270 valence electrons. The topological polar surface area (TPSA) is 108 Å². The third-order valence-corrected chi connectivity index (χ3v) is 8.79. The van der Waals surface area contributed by atoms with E-state index >= 15 is 0 Å². The molecule has 0 rings (SSSR count). The zero-order chi connectivity index (χ0) is 34.4. The number of quaternary nitrogens is 1. The average molecular weight is 671 g/mol. The van der Waals surface area contributed by atoms with E-state index in [9.17, 15) is 19.4 Å². The molecular formula is C37H71N2O6P. The van der Waals surface area contributed by atoms with E-state index in [4.69, 9.17) is 9.05 Å². The summed E-state index contributed by atoms with van der Waals surface area (Å²) in [6, 6.07) is -0.902. The zero-order valence-electron chi connectivity index (χ0n) is 30.3. The largest absolute Gasteiger partial charge is 0.756 e. The number of phosphoric ester groups is 1. The van der Waals surface area contributed by atoms with Crippen LogP contribution in [0, 0.1) is 0 Å². The van der Waals surface area contributed by atoms with Gasteiger partial charge in [0.2, 0.25) is 5.91 Å². The Morgan fingerprint density at radius 1 is 0.739 bits per heavy atom. The fourth-order valence-corrected chi connectivity index (χ4v) is 5.55. The molecule has 0 aliphatic carbocycles. The van der Waals surface area contributed by atoms with Crippen molar-refractivity contribution in [3.8, 4) is 0 Å². The van der Waals surface area contributed by atoms with Crippen molar-refractivity contribution in [2.45, 2.75) is 154 Å². The van der Waals surface area contributed by atoms with Crippen LogP contribution in [0.15, 0.2) is 36.5 Å². The smallest absolute Gasteiger partial charge is 0.268 e. The van der Waals surface area contributed by atoms with Crippen LogP contribution in [-0.2, 0) is 18.4 Å². The number of amides is 1. The molecule has 8 nitrogen and oxygen atoms in total. The maximum absolute atomic E-state index is 12.7. The molecule has 3 atom stereocenters. The lowest BCUT2D eigenvalue weighted by molar-refractivity contribution is -0.870. The monoisotopic (exact) mass is 671 g/mol. The standard InChI is InChI=1S/C37H71N2O6P/c1-6-8-10-12-14-16-17-18-19-20-21-22-23-24-26-28-30-36(40)35(34-45-46(42,43)44-33-32-39(3,4)5)38-37(41)31-29-27-25-15-13-11-9-7-2/h18-19,22-23,28,30,35-36,40H,6-17,20-21,24-27,29,31-34H2,1-5H3,(H-,38,41,42,43)/b19-18+,23-22+,30-28+. The molecule has 0 bridgehead atoms. The van der Waals surface area contributed by atoms with Gasteiger partial charge < -0.3 is 28.8 Å². The highest BCUT2D eigenvalue weighted by molar-refractivity contribution is 7.45. The van der Waals surface area contributed by atoms with E-state index in [0.717, 1.165) is 44.9 Å². The predicted molar refractivity (Wildman–Crippen MR) is 191 cm³/mol. The highest BCUT2D eigenvalue weighted by atomic mass is 31.2. The third-order valence-electron chi connectivity index (χ3n) is 7.83. The van der Waals surface area contributed by atoms with Crippen LogP contribution >= 0.6 is 7.82 Å². The third kappa shape index (κ3) is 31.3. The van der Waals surface area contributed by atoms with E-state index in [-0.39, 0.29) is 12.5 Å². The molecule has 0 aliphatic rings. The molecule has 0 aromatic carbocycles. The van der Waals surface area contributed by atoms with E-state index in [1.54, 1.807) is 6.08 Å². The summed E-state index contributed by atoms with van der Waals surface area (Å²) in [7, 11) is 1.23. The molecule has 3 unspecified atom stereocenters. The number of nitrogens with zero attached hydrogens (tertiary/aromatic N) is 1. The predicted octanol–water partition coefficient (Wildman–Crippen LogP) is 8.55.